The largest absolute Gasteiger partial charge is 0.377 e. The molecule has 0 saturated heterocycles. The van der Waals surface area contributed by atoms with Crippen molar-refractivity contribution in [2.45, 2.75) is 19.3 Å². The molecule has 14 heavy (non-hydrogen) atoms. The molecule has 0 heterocycles. The van der Waals surface area contributed by atoms with E-state index in [4.69, 9.17) is 5.73 Å². The van der Waals surface area contributed by atoms with Gasteiger partial charge in [-0.1, -0.05) is 25.1 Å². The van der Waals surface area contributed by atoms with Crippen LogP contribution in [0.1, 0.15) is 24.8 Å². The van der Waals surface area contributed by atoms with Crippen molar-refractivity contribution in [3.8, 4) is 0 Å². The van der Waals surface area contributed by atoms with Crippen LogP contribution in [0.25, 0.3) is 0 Å². The Morgan fingerprint density at radius 3 is 2.50 bits per heavy atom. The molecule has 2 N–H and O–H groups in total. The monoisotopic (exact) mass is 192 g/mol. The smallest absolute Gasteiger partial charge is 0.0396 e. The third-order valence-corrected chi connectivity index (χ3v) is 2.55. The fraction of sp³-hybridized carbons (Fsp3) is 0.500. The number of nitrogens with zero attached hydrogens (tertiary/aromatic N) is 1. The van der Waals surface area contributed by atoms with Crippen molar-refractivity contribution >= 4 is 5.69 Å². The van der Waals surface area contributed by atoms with Gasteiger partial charge in [-0.25, -0.2) is 0 Å². The number of nitrogens with two attached hydrogens (primary N) is 1. The van der Waals surface area contributed by atoms with Gasteiger partial charge in [-0.3, -0.25) is 0 Å². The van der Waals surface area contributed by atoms with Crippen LogP contribution in [0.3, 0.4) is 0 Å². The molecular weight excluding hydrogens is 172 g/mol. The first-order valence-electron chi connectivity index (χ1n) is 5.13. The Labute approximate surface area is 86.7 Å². The summed E-state index contributed by atoms with van der Waals surface area (Å²) in [4.78, 5) is 2.16. The van der Waals surface area contributed by atoms with E-state index >= 15 is 0 Å². The van der Waals surface area contributed by atoms with E-state index in [2.05, 4.69) is 50.2 Å². The van der Waals surface area contributed by atoms with Crippen molar-refractivity contribution in [1.29, 1.82) is 0 Å². The Kier molecular flexibility index (Phi) is 3.96. The highest BCUT2D eigenvalue weighted by molar-refractivity contribution is 5.53. The minimum atomic E-state index is 0.540. The molecule has 78 valence electrons. The molecule has 1 unspecified atom stereocenters. The average molecular weight is 192 g/mol. The molecule has 0 fully saturated rings. The van der Waals surface area contributed by atoms with E-state index in [-0.39, 0.29) is 0 Å². The number of benzene rings is 1. The van der Waals surface area contributed by atoms with Crippen molar-refractivity contribution in [3.63, 3.8) is 0 Å². The normalized spacial score (nSPS) is 12.6. The van der Waals surface area contributed by atoms with Crippen molar-refractivity contribution in [2.75, 3.05) is 25.5 Å². The van der Waals surface area contributed by atoms with Gasteiger partial charge in [-0.15, -0.1) is 0 Å². The summed E-state index contributed by atoms with van der Waals surface area (Å²) < 4.78 is 0. The zero-order valence-corrected chi connectivity index (χ0v) is 9.33. The zero-order valence-electron chi connectivity index (χ0n) is 9.33. The van der Waals surface area contributed by atoms with E-state index in [0.29, 0.717) is 5.92 Å². The Morgan fingerprint density at radius 2 is 1.93 bits per heavy atom. The highest BCUT2D eigenvalue weighted by Gasteiger charge is 2.10. The summed E-state index contributed by atoms with van der Waals surface area (Å²) in [7, 11) is 4.15. The van der Waals surface area contributed by atoms with Gasteiger partial charge in [0.15, 0.2) is 0 Å². The molecule has 0 radical (unpaired) electrons. The lowest BCUT2D eigenvalue weighted by Crippen LogP contribution is -2.13. The van der Waals surface area contributed by atoms with Gasteiger partial charge in [0.2, 0.25) is 0 Å². The predicted octanol–water partition coefficient (Wildman–Crippen LogP) is 2.20. The van der Waals surface area contributed by atoms with Crippen LogP contribution < -0.4 is 10.6 Å². The van der Waals surface area contributed by atoms with Crippen LogP contribution in [0, 0.1) is 0 Å². The molecule has 2 nitrogen and oxygen atoms in total. The van der Waals surface area contributed by atoms with E-state index in [0.717, 1.165) is 13.0 Å². The van der Waals surface area contributed by atoms with Gasteiger partial charge in [0.1, 0.15) is 0 Å². The van der Waals surface area contributed by atoms with E-state index < -0.39 is 0 Å². The topological polar surface area (TPSA) is 29.3 Å². The SMILES string of the molecule is CC(CCN)c1ccccc1N(C)C. The van der Waals surface area contributed by atoms with E-state index in [1.807, 2.05) is 0 Å². The summed E-state index contributed by atoms with van der Waals surface area (Å²) in [6.45, 7) is 2.98. The summed E-state index contributed by atoms with van der Waals surface area (Å²) in [6.07, 6.45) is 1.05. The van der Waals surface area contributed by atoms with E-state index in [1.54, 1.807) is 0 Å². The lowest BCUT2D eigenvalue weighted by molar-refractivity contribution is 0.689. The molecule has 2 heteroatoms. The van der Waals surface area contributed by atoms with Gasteiger partial charge in [0.05, 0.1) is 0 Å². The minimum absolute atomic E-state index is 0.540. The molecule has 0 aliphatic heterocycles. The van der Waals surface area contributed by atoms with Crippen LogP contribution in [-0.2, 0) is 0 Å². The second-order valence-corrected chi connectivity index (χ2v) is 3.93. The maximum atomic E-state index is 5.58. The molecule has 1 aromatic rings. The molecule has 1 rings (SSSR count). The van der Waals surface area contributed by atoms with Gasteiger partial charge in [0.25, 0.3) is 0 Å². The van der Waals surface area contributed by atoms with Gasteiger partial charge in [-0.05, 0) is 30.5 Å². The number of hydrogen-bond acceptors (Lipinski definition) is 2. The Bertz CT molecular complexity index is 281. The summed E-state index contributed by atoms with van der Waals surface area (Å²) in [5.41, 5.74) is 8.27. The molecule has 0 saturated carbocycles. The molecule has 1 atom stereocenters. The van der Waals surface area contributed by atoms with E-state index in [9.17, 15) is 0 Å². The van der Waals surface area contributed by atoms with Crippen molar-refractivity contribution < 1.29 is 0 Å². The van der Waals surface area contributed by atoms with Crippen LogP contribution in [0.4, 0.5) is 5.69 Å². The fourth-order valence-electron chi connectivity index (χ4n) is 1.72. The number of rotatable bonds is 4. The highest BCUT2D eigenvalue weighted by Crippen LogP contribution is 2.27. The molecule has 0 aromatic heterocycles. The number of hydrogen-bond donors (Lipinski definition) is 1. The van der Waals surface area contributed by atoms with Crippen LogP contribution in [0.5, 0.6) is 0 Å². The lowest BCUT2D eigenvalue weighted by atomic mass is 9.96. The van der Waals surface area contributed by atoms with Gasteiger partial charge in [0, 0.05) is 19.8 Å². The molecule has 0 aliphatic rings. The quantitative estimate of drug-likeness (QED) is 0.792. The molecule has 0 bridgehead atoms. The maximum Gasteiger partial charge on any atom is 0.0396 e. The Morgan fingerprint density at radius 1 is 1.29 bits per heavy atom. The molecule has 1 aromatic carbocycles. The average Bonchev–Trinajstić information content (AvgIpc) is 2.18. The third kappa shape index (κ3) is 2.48. The van der Waals surface area contributed by atoms with Gasteiger partial charge >= 0.3 is 0 Å². The van der Waals surface area contributed by atoms with Crippen LogP contribution >= 0.6 is 0 Å². The molecule has 0 amide bonds. The standard InChI is InChI=1S/C12H20N2/c1-10(8-9-13)11-6-4-5-7-12(11)14(2)3/h4-7,10H,8-9,13H2,1-3H3. The number of para-hydroxylation sites is 1. The van der Waals surface area contributed by atoms with E-state index in [1.165, 1.54) is 11.3 Å². The lowest BCUT2D eigenvalue weighted by Gasteiger charge is -2.21. The fourth-order valence-corrected chi connectivity index (χ4v) is 1.72. The van der Waals surface area contributed by atoms with Gasteiger partial charge in [-0.2, -0.15) is 0 Å². The Hall–Kier alpha value is -1.02. The predicted molar refractivity (Wildman–Crippen MR) is 62.9 cm³/mol. The van der Waals surface area contributed by atoms with Crippen molar-refractivity contribution in [1.82, 2.24) is 0 Å². The second-order valence-electron chi connectivity index (χ2n) is 3.93. The second kappa shape index (κ2) is 5.01. The molecule has 0 aliphatic carbocycles. The first-order valence-corrected chi connectivity index (χ1v) is 5.13. The number of anilines is 1. The first-order chi connectivity index (χ1) is 6.66. The summed E-state index contributed by atoms with van der Waals surface area (Å²) >= 11 is 0. The first kappa shape index (κ1) is 11.1. The minimum Gasteiger partial charge on any atom is -0.377 e. The summed E-state index contributed by atoms with van der Waals surface area (Å²) in [5.74, 6) is 0.540. The van der Waals surface area contributed by atoms with Crippen LogP contribution in [0.2, 0.25) is 0 Å². The molecular formula is C12H20N2. The molecule has 0 spiro atoms. The van der Waals surface area contributed by atoms with Crippen LogP contribution in [-0.4, -0.2) is 20.6 Å². The summed E-state index contributed by atoms with van der Waals surface area (Å²) in [6, 6.07) is 8.52. The highest BCUT2D eigenvalue weighted by atomic mass is 15.1. The van der Waals surface area contributed by atoms with Gasteiger partial charge < -0.3 is 10.6 Å². The van der Waals surface area contributed by atoms with Crippen LogP contribution in [0.15, 0.2) is 24.3 Å². The Balaban J connectivity index is 2.94. The summed E-state index contributed by atoms with van der Waals surface area (Å²) in [5, 5.41) is 0. The zero-order chi connectivity index (χ0) is 10.6. The maximum absolute atomic E-state index is 5.58. The van der Waals surface area contributed by atoms with Crippen molar-refractivity contribution in [3.05, 3.63) is 29.8 Å². The van der Waals surface area contributed by atoms with Crippen molar-refractivity contribution in [2.24, 2.45) is 5.73 Å². The third-order valence-electron chi connectivity index (χ3n) is 2.55.